The zero-order chi connectivity index (χ0) is 22.5. The molecule has 2 aromatic rings. The number of nitrogens with one attached hydrogen (secondary N) is 1. The first-order chi connectivity index (χ1) is 14.6. The summed E-state index contributed by atoms with van der Waals surface area (Å²) in [6, 6.07) is 9.25. The minimum Gasteiger partial charge on any atom is -0.497 e. The number of halogens is 3. The molecule has 3 heterocycles. The molecule has 0 atom stereocenters. The van der Waals surface area contributed by atoms with Crippen molar-refractivity contribution >= 4 is 39.8 Å². The monoisotopic (exact) mass is 447 g/mol. The third-order valence-corrected chi connectivity index (χ3v) is 5.73. The molecule has 0 bridgehead atoms. The van der Waals surface area contributed by atoms with Gasteiger partial charge in [0, 0.05) is 23.1 Å². The highest BCUT2D eigenvalue weighted by atomic mass is 32.2. The van der Waals surface area contributed by atoms with Crippen molar-refractivity contribution in [3.05, 3.63) is 52.9 Å². The van der Waals surface area contributed by atoms with Gasteiger partial charge in [-0.15, -0.1) is 0 Å². The van der Waals surface area contributed by atoms with Gasteiger partial charge in [0.15, 0.2) is 5.84 Å². The van der Waals surface area contributed by atoms with Gasteiger partial charge in [-0.25, -0.2) is 0 Å². The number of aliphatic imine (C=N–C) groups is 1. The minimum atomic E-state index is -4.68. The van der Waals surface area contributed by atoms with E-state index in [4.69, 9.17) is 10.1 Å². The molecule has 0 aliphatic carbocycles. The summed E-state index contributed by atoms with van der Waals surface area (Å²) in [6.45, 7) is 3.73. The van der Waals surface area contributed by atoms with Crippen LogP contribution in [0.1, 0.15) is 17.0 Å². The van der Waals surface area contributed by atoms with E-state index in [2.05, 4.69) is 10.1 Å². The van der Waals surface area contributed by atoms with Crippen LogP contribution in [0.25, 0.3) is 11.8 Å². The minimum absolute atomic E-state index is 0.137. The lowest BCUT2D eigenvalue weighted by Crippen LogP contribution is -2.35. The zero-order valence-electron chi connectivity index (χ0n) is 16.6. The molecule has 0 radical (unpaired) electrons. The van der Waals surface area contributed by atoms with Crippen molar-refractivity contribution in [1.29, 1.82) is 5.41 Å². The molecule has 2 aliphatic heterocycles. The highest BCUT2D eigenvalue weighted by Crippen LogP contribution is 2.35. The number of hydrogen-bond donors (Lipinski definition) is 1. The molecule has 160 valence electrons. The normalized spacial score (nSPS) is 17.7. The number of alkyl halides is 3. The molecular weight excluding hydrogens is 431 g/mol. The maximum atomic E-state index is 13.0. The van der Waals surface area contributed by atoms with E-state index in [1.807, 2.05) is 48.7 Å². The molecular formula is C20H16F3N5O2S. The van der Waals surface area contributed by atoms with Crippen LogP contribution in [0.3, 0.4) is 0 Å². The molecule has 0 saturated carbocycles. The average Bonchev–Trinajstić information content (AvgIpc) is 3.26. The standard InChI is InChI=1S/C20H16F3N5O2S/c1-10-7-12(11(2)27(10)13-5-4-6-14(9-13)30-3)8-15-16(24)28-19(25-17(15)29)31-18(26-28)20(21,22)23/h4-9,24H,1-3H3/b15-8+,24-16?. The van der Waals surface area contributed by atoms with Crippen LogP contribution in [0, 0.1) is 19.3 Å². The van der Waals surface area contributed by atoms with Crippen molar-refractivity contribution < 1.29 is 22.7 Å². The first-order valence-electron chi connectivity index (χ1n) is 9.01. The summed E-state index contributed by atoms with van der Waals surface area (Å²) in [7, 11) is 1.57. The Labute approximate surface area is 179 Å². The van der Waals surface area contributed by atoms with Gasteiger partial charge in [0.25, 0.3) is 5.91 Å². The number of methoxy groups -OCH3 is 1. The van der Waals surface area contributed by atoms with Gasteiger partial charge in [-0.2, -0.15) is 28.3 Å². The number of aromatic nitrogens is 1. The molecule has 0 unspecified atom stereocenters. The van der Waals surface area contributed by atoms with E-state index in [1.165, 1.54) is 6.08 Å². The lowest BCUT2D eigenvalue weighted by atomic mass is 10.1. The number of aryl methyl sites for hydroxylation is 1. The number of rotatable bonds is 3. The zero-order valence-corrected chi connectivity index (χ0v) is 17.4. The summed E-state index contributed by atoms with van der Waals surface area (Å²) in [4.78, 5) is 16.2. The van der Waals surface area contributed by atoms with Crippen LogP contribution < -0.4 is 4.74 Å². The topological polar surface area (TPSA) is 83.0 Å². The van der Waals surface area contributed by atoms with E-state index >= 15 is 0 Å². The second-order valence-corrected chi connectivity index (χ2v) is 7.74. The Morgan fingerprint density at radius 2 is 1.97 bits per heavy atom. The van der Waals surface area contributed by atoms with E-state index < -0.39 is 23.0 Å². The number of ether oxygens (including phenoxy) is 1. The Kier molecular flexibility index (Phi) is 5.00. The van der Waals surface area contributed by atoms with Gasteiger partial charge in [-0.3, -0.25) is 10.2 Å². The molecule has 1 aromatic heterocycles. The molecule has 0 saturated heterocycles. The van der Waals surface area contributed by atoms with Crippen molar-refractivity contribution in [2.24, 2.45) is 10.1 Å². The van der Waals surface area contributed by atoms with E-state index in [9.17, 15) is 18.0 Å². The first-order valence-corrected chi connectivity index (χ1v) is 9.82. The highest BCUT2D eigenvalue weighted by Gasteiger charge is 2.46. The lowest BCUT2D eigenvalue weighted by molar-refractivity contribution is -0.114. The van der Waals surface area contributed by atoms with E-state index in [-0.39, 0.29) is 22.5 Å². The quantitative estimate of drug-likeness (QED) is 0.712. The molecule has 0 fully saturated rings. The van der Waals surface area contributed by atoms with Gasteiger partial charge in [-0.1, -0.05) is 6.07 Å². The number of amidine groups is 2. The van der Waals surface area contributed by atoms with Crippen molar-refractivity contribution in [2.75, 3.05) is 7.11 Å². The second-order valence-electron chi connectivity index (χ2n) is 6.79. The maximum Gasteiger partial charge on any atom is 0.441 e. The molecule has 7 nitrogen and oxygen atoms in total. The van der Waals surface area contributed by atoms with Crippen LogP contribution >= 0.6 is 11.8 Å². The third kappa shape index (κ3) is 3.65. The van der Waals surface area contributed by atoms with E-state index in [0.717, 1.165) is 22.1 Å². The van der Waals surface area contributed by atoms with Crippen LogP contribution in [0.15, 0.2) is 46.0 Å². The maximum absolute atomic E-state index is 13.0. The summed E-state index contributed by atoms with van der Waals surface area (Å²) in [6.07, 6.45) is -3.23. The van der Waals surface area contributed by atoms with Crippen molar-refractivity contribution in [3.63, 3.8) is 0 Å². The highest BCUT2D eigenvalue weighted by molar-refractivity contribution is 8.27. The van der Waals surface area contributed by atoms with Gasteiger partial charge in [-0.05, 0) is 55.4 Å². The number of amides is 1. The van der Waals surface area contributed by atoms with E-state index in [0.29, 0.717) is 11.3 Å². The van der Waals surface area contributed by atoms with Gasteiger partial charge in [0.1, 0.15) is 5.75 Å². The lowest BCUT2D eigenvalue weighted by Gasteiger charge is -2.20. The Balaban J connectivity index is 1.74. The smallest absolute Gasteiger partial charge is 0.441 e. The number of benzene rings is 1. The molecule has 1 N–H and O–H groups in total. The first kappa shape index (κ1) is 20.9. The number of carbonyl (C=O) groups excluding carboxylic acids is 1. The number of fused-ring (bicyclic) bond motifs is 1. The predicted octanol–water partition coefficient (Wildman–Crippen LogP) is 4.28. The fraction of sp³-hybridized carbons (Fsp3) is 0.200. The summed E-state index contributed by atoms with van der Waals surface area (Å²) in [5.74, 6) is -0.553. The summed E-state index contributed by atoms with van der Waals surface area (Å²) in [5, 5.41) is 11.0. The Hall–Kier alpha value is -3.34. The Morgan fingerprint density at radius 3 is 2.65 bits per heavy atom. The number of carbonyl (C=O) groups is 1. The molecule has 1 aromatic carbocycles. The molecule has 2 aliphatic rings. The van der Waals surface area contributed by atoms with Crippen LogP contribution in [0.5, 0.6) is 5.75 Å². The summed E-state index contributed by atoms with van der Waals surface area (Å²) in [5.41, 5.74) is 3.00. The number of nitrogens with zero attached hydrogens (tertiary/aromatic N) is 4. The summed E-state index contributed by atoms with van der Waals surface area (Å²) < 4.78 is 46.1. The van der Waals surface area contributed by atoms with Crippen LogP contribution in [0.2, 0.25) is 0 Å². The Morgan fingerprint density at radius 1 is 1.23 bits per heavy atom. The second kappa shape index (κ2) is 7.41. The SMILES string of the molecule is COc1cccc(-n2c(C)cc(/C=C3\C(=N)N4N=C(C(F)(F)F)SC4=NC3=O)c2C)c1. The molecule has 1 amide bonds. The predicted molar refractivity (Wildman–Crippen MR) is 113 cm³/mol. The number of thioether (sulfide) groups is 1. The Bertz CT molecular complexity index is 1210. The van der Waals surface area contributed by atoms with Crippen LogP contribution in [-0.4, -0.2) is 44.8 Å². The fourth-order valence-corrected chi connectivity index (χ4v) is 4.10. The van der Waals surface area contributed by atoms with Gasteiger partial charge in [0.05, 0.1) is 12.7 Å². The van der Waals surface area contributed by atoms with Crippen LogP contribution in [0.4, 0.5) is 13.2 Å². The van der Waals surface area contributed by atoms with Gasteiger partial charge >= 0.3 is 6.18 Å². The van der Waals surface area contributed by atoms with Crippen molar-refractivity contribution in [1.82, 2.24) is 9.58 Å². The summed E-state index contributed by atoms with van der Waals surface area (Å²) >= 11 is 0.224. The number of hydrazone groups is 1. The van der Waals surface area contributed by atoms with Crippen molar-refractivity contribution in [3.8, 4) is 11.4 Å². The van der Waals surface area contributed by atoms with Gasteiger partial charge in [0.2, 0.25) is 10.2 Å². The van der Waals surface area contributed by atoms with Gasteiger partial charge < -0.3 is 9.30 Å². The molecule has 4 rings (SSSR count). The largest absolute Gasteiger partial charge is 0.497 e. The molecule has 31 heavy (non-hydrogen) atoms. The third-order valence-electron chi connectivity index (χ3n) is 4.78. The molecule has 11 heteroatoms. The van der Waals surface area contributed by atoms with Crippen LogP contribution in [-0.2, 0) is 4.79 Å². The van der Waals surface area contributed by atoms with E-state index in [1.54, 1.807) is 7.11 Å². The molecule has 0 spiro atoms. The average molecular weight is 447 g/mol. The van der Waals surface area contributed by atoms with Crippen molar-refractivity contribution in [2.45, 2.75) is 20.0 Å². The fourth-order valence-electron chi connectivity index (χ4n) is 3.34. The number of hydrogen-bond acceptors (Lipinski definition) is 5.